The Kier molecular flexibility index (Phi) is 3.52. The molecule has 3 aromatic rings. The second-order valence-corrected chi connectivity index (χ2v) is 5.27. The molecule has 0 atom stereocenters. The van der Waals surface area contributed by atoms with Crippen LogP contribution in [0.25, 0.3) is 11.5 Å². The van der Waals surface area contributed by atoms with Crippen LogP contribution in [0.1, 0.15) is 18.3 Å². The van der Waals surface area contributed by atoms with E-state index in [1.807, 2.05) is 36.7 Å². The fraction of sp³-hybridized carbons (Fsp3) is 0.333. The highest BCUT2D eigenvalue weighted by molar-refractivity contribution is 5.60. The van der Waals surface area contributed by atoms with Gasteiger partial charge in [-0.05, 0) is 32.0 Å². The molecule has 0 unspecified atom stereocenters. The maximum absolute atomic E-state index is 5.66. The average Bonchev–Trinajstić information content (AvgIpc) is 3.31. The van der Waals surface area contributed by atoms with Crippen molar-refractivity contribution < 1.29 is 13.9 Å². The predicted molar refractivity (Wildman–Crippen MR) is 83.6 cm³/mol. The molecule has 4 rings (SSSR count). The lowest BCUT2D eigenvalue weighted by Gasteiger charge is -2.04. The van der Waals surface area contributed by atoms with Crippen LogP contribution in [-0.4, -0.2) is 32.0 Å². The Bertz CT molecular complexity index is 872. The summed E-state index contributed by atoms with van der Waals surface area (Å²) in [6.07, 6.45) is 0. The number of hydrogen-bond acceptors (Lipinski definition) is 8. The topological polar surface area (TPSA) is 100 Å². The molecular formula is C15H16N6O3. The highest BCUT2D eigenvalue weighted by Crippen LogP contribution is 2.35. The predicted octanol–water partition coefficient (Wildman–Crippen LogP) is 2.00. The summed E-state index contributed by atoms with van der Waals surface area (Å²) in [6.45, 7) is 5.43. The first-order valence-electron chi connectivity index (χ1n) is 7.61. The maximum atomic E-state index is 5.66. The van der Waals surface area contributed by atoms with Crippen molar-refractivity contribution in [3.8, 4) is 23.0 Å². The molecule has 1 aromatic carbocycles. The van der Waals surface area contributed by atoms with Crippen molar-refractivity contribution in [3.05, 3.63) is 29.6 Å². The second-order valence-electron chi connectivity index (χ2n) is 5.27. The number of benzene rings is 1. The minimum atomic E-state index is 0.230. The highest BCUT2D eigenvalue weighted by atomic mass is 16.7. The molecule has 0 saturated heterocycles. The van der Waals surface area contributed by atoms with Gasteiger partial charge in [0.1, 0.15) is 0 Å². The summed E-state index contributed by atoms with van der Waals surface area (Å²) in [7, 11) is 0. The number of hydrogen-bond donors (Lipinski definition) is 1. The van der Waals surface area contributed by atoms with E-state index in [1.165, 1.54) is 0 Å². The molecule has 124 valence electrons. The van der Waals surface area contributed by atoms with Crippen molar-refractivity contribution in [2.75, 3.05) is 12.1 Å². The van der Waals surface area contributed by atoms with E-state index in [0.29, 0.717) is 29.9 Å². The Morgan fingerprint density at radius 3 is 2.92 bits per heavy atom. The summed E-state index contributed by atoms with van der Waals surface area (Å²) in [5, 5.41) is 19.3. The molecule has 2 aromatic heterocycles. The zero-order valence-electron chi connectivity index (χ0n) is 13.3. The Morgan fingerprint density at radius 1 is 1.17 bits per heavy atom. The largest absolute Gasteiger partial charge is 0.454 e. The summed E-state index contributed by atoms with van der Waals surface area (Å²) in [5.41, 5.74) is 2.64. The molecule has 0 amide bonds. The molecule has 9 nitrogen and oxygen atoms in total. The number of aromatic nitrogens is 5. The van der Waals surface area contributed by atoms with Gasteiger partial charge in [0, 0.05) is 12.1 Å². The number of nitrogens with zero attached hydrogens (tertiary/aromatic N) is 5. The second kappa shape index (κ2) is 5.84. The van der Waals surface area contributed by atoms with Gasteiger partial charge in [-0.15, -0.1) is 10.2 Å². The van der Waals surface area contributed by atoms with Crippen LogP contribution in [-0.2, 0) is 13.1 Å². The van der Waals surface area contributed by atoms with Gasteiger partial charge < -0.3 is 19.2 Å². The number of nitrogens with one attached hydrogen (secondary N) is 1. The molecule has 0 saturated carbocycles. The number of anilines is 1. The van der Waals surface area contributed by atoms with E-state index in [9.17, 15) is 0 Å². The first-order chi connectivity index (χ1) is 11.7. The highest BCUT2D eigenvalue weighted by Gasteiger charge is 2.17. The zero-order chi connectivity index (χ0) is 16.5. The van der Waals surface area contributed by atoms with Gasteiger partial charge in [-0.1, -0.05) is 10.3 Å². The fourth-order valence-corrected chi connectivity index (χ4v) is 2.49. The van der Waals surface area contributed by atoms with Gasteiger partial charge in [-0.3, -0.25) is 0 Å². The van der Waals surface area contributed by atoms with Crippen molar-refractivity contribution in [2.24, 2.45) is 0 Å². The van der Waals surface area contributed by atoms with E-state index in [4.69, 9.17) is 13.9 Å². The van der Waals surface area contributed by atoms with Gasteiger partial charge in [-0.2, -0.15) is 0 Å². The molecular weight excluding hydrogens is 312 g/mol. The molecule has 0 bridgehead atoms. The number of ether oxygens (including phenoxy) is 2. The average molecular weight is 328 g/mol. The van der Waals surface area contributed by atoms with E-state index >= 15 is 0 Å². The van der Waals surface area contributed by atoms with Gasteiger partial charge in [0.2, 0.25) is 12.7 Å². The van der Waals surface area contributed by atoms with E-state index in [2.05, 4.69) is 25.8 Å². The van der Waals surface area contributed by atoms with Crippen LogP contribution >= 0.6 is 0 Å². The van der Waals surface area contributed by atoms with Crippen molar-refractivity contribution in [1.29, 1.82) is 0 Å². The smallest absolute Gasteiger partial charge is 0.316 e. The third kappa shape index (κ3) is 2.53. The van der Waals surface area contributed by atoms with Crippen molar-refractivity contribution in [1.82, 2.24) is 25.2 Å². The first-order valence-corrected chi connectivity index (χ1v) is 7.61. The maximum Gasteiger partial charge on any atom is 0.316 e. The normalized spacial score (nSPS) is 12.6. The van der Waals surface area contributed by atoms with E-state index in [-0.39, 0.29) is 6.79 Å². The Balaban J connectivity index is 1.50. The quantitative estimate of drug-likeness (QED) is 0.759. The summed E-state index contributed by atoms with van der Waals surface area (Å²) in [5.74, 6) is 1.80. The van der Waals surface area contributed by atoms with Crippen LogP contribution in [0.5, 0.6) is 11.5 Å². The summed E-state index contributed by atoms with van der Waals surface area (Å²) < 4.78 is 18.1. The van der Waals surface area contributed by atoms with Crippen molar-refractivity contribution in [2.45, 2.75) is 26.9 Å². The zero-order valence-corrected chi connectivity index (χ0v) is 13.3. The Labute approximate surface area is 137 Å². The lowest BCUT2D eigenvalue weighted by Crippen LogP contribution is -2.09. The molecule has 1 N–H and O–H groups in total. The minimum Gasteiger partial charge on any atom is -0.454 e. The van der Waals surface area contributed by atoms with E-state index in [0.717, 1.165) is 23.5 Å². The van der Waals surface area contributed by atoms with Gasteiger partial charge in [-0.25, -0.2) is 4.68 Å². The van der Waals surface area contributed by atoms with Crippen molar-refractivity contribution >= 4 is 6.01 Å². The summed E-state index contributed by atoms with van der Waals surface area (Å²) in [6, 6.07) is 5.83. The molecule has 0 fully saturated rings. The summed E-state index contributed by atoms with van der Waals surface area (Å²) >= 11 is 0. The molecule has 9 heteroatoms. The van der Waals surface area contributed by atoms with Crippen LogP contribution < -0.4 is 14.8 Å². The van der Waals surface area contributed by atoms with Gasteiger partial charge in [0.25, 0.3) is 0 Å². The Hall–Kier alpha value is -3.10. The van der Waals surface area contributed by atoms with Gasteiger partial charge in [0.05, 0.1) is 17.9 Å². The van der Waals surface area contributed by atoms with Crippen LogP contribution in [0, 0.1) is 6.92 Å². The lowest BCUT2D eigenvalue weighted by atomic mass is 10.2. The molecule has 3 heterocycles. The molecule has 1 aliphatic heterocycles. The SMILES string of the molecule is CCn1nnc(C)c1CNc1nnc(-c2ccc3c(c2)OCO3)o1. The number of aryl methyl sites for hydroxylation is 2. The molecule has 24 heavy (non-hydrogen) atoms. The van der Waals surface area contributed by atoms with Gasteiger partial charge >= 0.3 is 6.01 Å². The molecule has 0 radical (unpaired) electrons. The van der Waals surface area contributed by atoms with Gasteiger partial charge in [0.15, 0.2) is 11.5 Å². The fourth-order valence-electron chi connectivity index (χ4n) is 2.49. The molecule has 0 aliphatic carbocycles. The minimum absolute atomic E-state index is 0.230. The monoisotopic (exact) mass is 328 g/mol. The molecule has 0 spiro atoms. The van der Waals surface area contributed by atoms with Crippen molar-refractivity contribution in [3.63, 3.8) is 0 Å². The number of rotatable bonds is 5. The Morgan fingerprint density at radius 2 is 2.04 bits per heavy atom. The van der Waals surface area contributed by atoms with E-state index < -0.39 is 0 Å². The lowest BCUT2D eigenvalue weighted by molar-refractivity contribution is 0.174. The van der Waals surface area contributed by atoms with Crippen LogP contribution in [0.4, 0.5) is 6.01 Å². The third-order valence-electron chi connectivity index (χ3n) is 3.78. The number of fused-ring (bicyclic) bond motifs is 1. The van der Waals surface area contributed by atoms with Crippen LogP contribution in [0.3, 0.4) is 0 Å². The van der Waals surface area contributed by atoms with E-state index in [1.54, 1.807) is 0 Å². The van der Waals surface area contributed by atoms with Crippen LogP contribution in [0.15, 0.2) is 22.6 Å². The molecule has 1 aliphatic rings. The first kappa shape index (κ1) is 14.5. The summed E-state index contributed by atoms with van der Waals surface area (Å²) in [4.78, 5) is 0. The third-order valence-corrected chi connectivity index (χ3v) is 3.78. The standard InChI is InChI=1S/C15H16N6O3/c1-3-21-11(9(2)17-20-21)7-16-15-19-18-14(24-15)10-4-5-12-13(6-10)23-8-22-12/h4-6H,3,7-8H2,1-2H3,(H,16,19). The van der Waals surface area contributed by atoms with Crippen LogP contribution in [0.2, 0.25) is 0 Å².